The smallest absolute Gasteiger partial charge is 0.219 e. The van der Waals surface area contributed by atoms with Gasteiger partial charge in [-0.3, -0.25) is 4.79 Å². The average Bonchev–Trinajstić information content (AvgIpc) is 2.05. The van der Waals surface area contributed by atoms with Gasteiger partial charge in [0, 0.05) is 19.5 Å². The summed E-state index contributed by atoms with van der Waals surface area (Å²) in [5.74, 6) is 0.700. The summed E-state index contributed by atoms with van der Waals surface area (Å²) in [6, 6.07) is 0.408. The van der Waals surface area contributed by atoms with Gasteiger partial charge in [0.05, 0.1) is 0 Å². The number of nitrogens with two attached hydrogens (primary N) is 1. The normalized spacial score (nSPS) is 30.4. The van der Waals surface area contributed by atoms with Crippen molar-refractivity contribution in [2.24, 2.45) is 11.7 Å². The molecule has 0 aromatic carbocycles. The van der Waals surface area contributed by atoms with Gasteiger partial charge in [0.2, 0.25) is 5.91 Å². The SMILES string of the molecule is CC(=O)N1CC(CN)CCC1C. The molecule has 3 nitrogen and oxygen atoms in total. The molecule has 0 aliphatic carbocycles. The summed E-state index contributed by atoms with van der Waals surface area (Å²) in [7, 11) is 0. The molecule has 0 aromatic heterocycles. The molecule has 1 saturated heterocycles. The first kappa shape index (κ1) is 9.52. The van der Waals surface area contributed by atoms with Crippen LogP contribution in [0.1, 0.15) is 26.7 Å². The fourth-order valence-electron chi connectivity index (χ4n) is 1.81. The molecule has 1 amide bonds. The van der Waals surface area contributed by atoms with Crippen molar-refractivity contribution in [3.05, 3.63) is 0 Å². The van der Waals surface area contributed by atoms with E-state index in [9.17, 15) is 4.79 Å². The Kier molecular flexibility index (Phi) is 3.09. The van der Waals surface area contributed by atoms with E-state index in [2.05, 4.69) is 6.92 Å². The molecule has 1 rings (SSSR count). The van der Waals surface area contributed by atoms with Crippen LogP contribution in [0.3, 0.4) is 0 Å². The maximum atomic E-state index is 11.2. The summed E-state index contributed by atoms with van der Waals surface area (Å²) in [4.78, 5) is 13.1. The molecule has 1 fully saturated rings. The molecule has 0 aromatic rings. The molecule has 0 saturated carbocycles. The zero-order valence-corrected chi connectivity index (χ0v) is 7.92. The molecular formula is C9H18N2O. The number of hydrogen-bond donors (Lipinski definition) is 1. The summed E-state index contributed by atoms with van der Waals surface area (Å²) in [6.07, 6.45) is 2.27. The predicted octanol–water partition coefficient (Wildman–Crippen LogP) is 0.592. The molecule has 2 unspecified atom stereocenters. The third-order valence-electron chi connectivity index (χ3n) is 2.72. The van der Waals surface area contributed by atoms with E-state index < -0.39 is 0 Å². The summed E-state index contributed by atoms with van der Waals surface area (Å²) in [5, 5.41) is 0. The van der Waals surface area contributed by atoms with Crippen LogP contribution in [0.2, 0.25) is 0 Å². The Morgan fingerprint density at radius 3 is 2.75 bits per heavy atom. The van der Waals surface area contributed by atoms with Gasteiger partial charge in [0.15, 0.2) is 0 Å². The number of rotatable bonds is 1. The second-order valence-corrected chi connectivity index (χ2v) is 3.70. The number of carbonyl (C=O) groups excluding carboxylic acids is 1. The van der Waals surface area contributed by atoms with E-state index in [-0.39, 0.29) is 5.91 Å². The molecule has 1 heterocycles. The van der Waals surface area contributed by atoms with Gasteiger partial charge in [0.1, 0.15) is 0 Å². The Morgan fingerprint density at radius 2 is 2.25 bits per heavy atom. The van der Waals surface area contributed by atoms with E-state index in [4.69, 9.17) is 5.73 Å². The summed E-state index contributed by atoms with van der Waals surface area (Å²) >= 11 is 0. The zero-order chi connectivity index (χ0) is 9.14. The lowest BCUT2D eigenvalue weighted by molar-refractivity contribution is -0.133. The Balaban J connectivity index is 2.53. The van der Waals surface area contributed by atoms with Crippen LogP contribution < -0.4 is 5.73 Å². The van der Waals surface area contributed by atoms with Crippen molar-refractivity contribution in [3.63, 3.8) is 0 Å². The summed E-state index contributed by atoms with van der Waals surface area (Å²) in [5.41, 5.74) is 5.57. The van der Waals surface area contributed by atoms with Gasteiger partial charge in [-0.25, -0.2) is 0 Å². The number of amides is 1. The monoisotopic (exact) mass is 170 g/mol. The lowest BCUT2D eigenvalue weighted by Crippen LogP contribution is -2.46. The van der Waals surface area contributed by atoms with Gasteiger partial charge < -0.3 is 10.6 Å². The highest BCUT2D eigenvalue weighted by Gasteiger charge is 2.25. The maximum Gasteiger partial charge on any atom is 0.219 e. The van der Waals surface area contributed by atoms with Crippen LogP contribution in [0.25, 0.3) is 0 Å². The number of hydrogen-bond acceptors (Lipinski definition) is 2. The molecule has 2 N–H and O–H groups in total. The molecule has 2 atom stereocenters. The van der Waals surface area contributed by atoms with E-state index in [1.54, 1.807) is 6.92 Å². The van der Waals surface area contributed by atoms with Crippen molar-refractivity contribution in [1.29, 1.82) is 0 Å². The molecule has 3 heteroatoms. The minimum Gasteiger partial charge on any atom is -0.340 e. The number of likely N-dealkylation sites (tertiary alicyclic amines) is 1. The Bertz CT molecular complexity index is 170. The first-order valence-electron chi connectivity index (χ1n) is 4.62. The van der Waals surface area contributed by atoms with Gasteiger partial charge in [-0.1, -0.05) is 0 Å². The van der Waals surface area contributed by atoms with Gasteiger partial charge in [-0.15, -0.1) is 0 Å². The third-order valence-corrected chi connectivity index (χ3v) is 2.72. The molecule has 1 aliphatic rings. The highest BCUT2D eigenvalue weighted by Crippen LogP contribution is 2.20. The lowest BCUT2D eigenvalue weighted by atomic mass is 9.93. The first-order valence-corrected chi connectivity index (χ1v) is 4.62. The van der Waals surface area contributed by atoms with E-state index in [0.29, 0.717) is 18.5 Å². The van der Waals surface area contributed by atoms with Crippen molar-refractivity contribution in [2.75, 3.05) is 13.1 Å². The van der Waals surface area contributed by atoms with Crippen molar-refractivity contribution in [3.8, 4) is 0 Å². The Morgan fingerprint density at radius 1 is 1.58 bits per heavy atom. The van der Waals surface area contributed by atoms with Crippen molar-refractivity contribution < 1.29 is 4.79 Å². The minimum atomic E-state index is 0.181. The molecule has 0 radical (unpaired) electrons. The van der Waals surface area contributed by atoms with Crippen molar-refractivity contribution in [2.45, 2.75) is 32.7 Å². The van der Waals surface area contributed by atoms with E-state index >= 15 is 0 Å². The van der Waals surface area contributed by atoms with Crippen LogP contribution in [0.4, 0.5) is 0 Å². The molecular weight excluding hydrogens is 152 g/mol. The second-order valence-electron chi connectivity index (χ2n) is 3.70. The second kappa shape index (κ2) is 3.90. The minimum absolute atomic E-state index is 0.181. The van der Waals surface area contributed by atoms with E-state index in [1.165, 1.54) is 6.42 Å². The number of nitrogens with zero attached hydrogens (tertiary/aromatic N) is 1. The van der Waals surface area contributed by atoms with Gasteiger partial charge in [-0.05, 0) is 32.2 Å². The highest BCUT2D eigenvalue weighted by molar-refractivity contribution is 5.73. The fraction of sp³-hybridized carbons (Fsp3) is 0.889. The van der Waals surface area contributed by atoms with Crippen molar-refractivity contribution >= 4 is 5.91 Å². The summed E-state index contributed by atoms with van der Waals surface area (Å²) in [6.45, 7) is 5.30. The lowest BCUT2D eigenvalue weighted by Gasteiger charge is -2.37. The largest absolute Gasteiger partial charge is 0.340 e. The third kappa shape index (κ3) is 1.97. The average molecular weight is 170 g/mol. The highest BCUT2D eigenvalue weighted by atomic mass is 16.2. The molecule has 70 valence electrons. The first-order chi connectivity index (χ1) is 5.65. The standard InChI is InChI=1S/C9H18N2O/c1-7-3-4-9(5-10)6-11(7)8(2)12/h7,9H,3-6,10H2,1-2H3. The molecule has 1 aliphatic heterocycles. The molecule has 0 bridgehead atoms. The molecule has 12 heavy (non-hydrogen) atoms. The van der Waals surface area contributed by atoms with Gasteiger partial charge in [-0.2, -0.15) is 0 Å². The Hall–Kier alpha value is -0.570. The topological polar surface area (TPSA) is 46.3 Å². The Labute approximate surface area is 73.9 Å². The van der Waals surface area contributed by atoms with Gasteiger partial charge in [0.25, 0.3) is 0 Å². The summed E-state index contributed by atoms with van der Waals surface area (Å²) < 4.78 is 0. The maximum absolute atomic E-state index is 11.2. The van der Waals surface area contributed by atoms with E-state index in [1.807, 2.05) is 4.90 Å². The van der Waals surface area contributed by atoms with Crippen molar-refractivity contribution in [1.82, 2.24) is 4.90 Å². The predicted molar refractivity (Wildman–Crippen MR) is 48.6 cm³/mol. The zero-order valence-electron chi connectivity index (χ0n) is 7.92. The fourth-order valence-corrected chi connectivity index (χ4v) is 1.81. The van der Waals surface area contributed by atoms with Crippen LogP contribution in [-0.2, 0) is 4.79 Å². The van der Waals surface area contributed by atoms with Crippen LogP contribution in [0.5, 0.6) is 0 Å². The van der Waals surface area contributed by atoms with Crippen LogP contribution >= 0.6 is 0 Å². The van der Waals surface area contributed by atoms with Crippen LogP contribution in [0, 0.1) is 5.92 Å². The van der Waals surface area contributed by atoms with Crippen LogP contribution in [-0.4, -0.2) is 29.9 Å². The molecule has 0 spiro atoms. The van der Waals surface area contributed by atoms with Crippen LogP contribution in [0.15, 0.2) is 0 Å². The van der Waals surface area contributed by atoms with Gasteiger partial charge >= 0.3 is 0 Å². The number of piperidine rings is 1. The number of carbonyl (C=O) groups is 1. The quantitative estimate of drug-likeness (QED) is 0.626. The van der Waals surface area contributed by atoms with E-state index in [0.717, 1.165) is 13.0 Å².